The van der Waals surface area contributed by atoms with E-state index < -0.39 is 27.6 Å². The van der Waals surface area contributed by atoms with E-state index in [0.29, 0.717) is 0 Å². The highest BCUT2D eigenvalue weighted by Crippen LogP contribution is 2.26. The molecule has 1 aromatic carbocycles. The third-order valence-corrected chi connectivity index (χ3v) is 4.67. The molecular weight excluding hydrogens is 334 g/mol. The molecule has 136 valence electrons. The molecule has 0 unspecified atom stereocenters. The first-order valence-corrected chi connectivity index (χ1v) is 9.21. The van der Waals surface area contributed by atoms with Gasteiger partial charge >= 0.3 is 5.97 Å². The number of carboxylic acid groups (broad SMARTS) is 1. The van der Waals surface area contributed by atoms with Crippen molar-refractivity contribution in [2.45, 2.75) is 33.0 Å². The zero-order valence-electron chi connectivity index (χ0n) is 14.0. The van der Waals surface area contributed by atoms with Crippen molar-refractivity contribution in [1.82, 2.24) is 0 Å². The Morgan fingerprint density at radius 1 is 1.29 bits per heavy atom. The van der Waals surface area contributed by atoms with E-state index in [-0.39, 0.29) is 31.9 Å². The molecule has 0 radical (unpaired) electrons. The van der Waals surface area contributed by atoms with Gasteiger partial charge in [0.2, 0.25) is 0 Å². The molecule has 0 aromatic heterocycles. The van der Waals surface area contributed by atoms with Crippen LogP contribution in [0.3, 0.4) is 0 Å². The molecule has 8 heteroatoms. The van der Waals surface area contributed by atoms with Gasteiger partial charge in [-0.2, -0.15) is 8.42 Å². The number of rotatable bonds is 11. The Balaban J connectivity index is 2.69. The normalized spacial score (nSPS) is 13.6. The average Bonchev–Trinajstić information content (AvgIpc) is 2.52. The summed E-state index contributed by atoms with van der Waals surface area (Å²) in [7, 11) is -3.73. The molecule has 0 aliphatic heterocycles. The smallest absolute Gasteiger partial charge is 0.333 e. The summed E-state index contributed by atoms with van der Waals surface area (Å²) in [5, 5.41) is 9.41. The van der Waals surface area contributed by atoms with Gasteiger partial charge in [-0.05, 0) is 18.5 Å². The van der Waals surface area contributed by atoms with Gasteiger partial charge in [-0.15, -0.1) is 0 Å². The highest BCUT2D eigenvalue weighted by Gasteiger charge is 2.38. The molecule has 1 atom stereocenters. The van der Waals surface area contributed by atoms with Crippen LogP contribution < -0.4 is 5.73 Å². The molecule has 0 aliphatic carbocycles. The van der Waals surface area contributed by atoms with Crippen LogP contribution in [-0.4, -0.2) is 44.5 Å². The summed E-state index contributed by atoms with van der Waals surface area (Å²) < 4.78 is 33.9. The molecule has 7 nitrogen and oxygen atoms in total. The van der Waals surface area contributed by atoms with Crippen LogP contribution in [0.5, 0.6) is 0 Å². The van der Waals surface area contributed by atoms with Crippen LogP contribution in [0.1, 0.15) is 25.8 Å². The van der Waals surface area contributed by atoms with E-state index in [0.717, 1.165) is 5.56 Å². The van der Waals surface area contributed by atoms with Crippen molar-refractivity contribution in [3.63, 3.8) is 0 Å². The molecule has 3 N–H and O–H groups in total. The summed E-state index contributed by atoms with van der Waals surface area (Å²) in [6, 6.07) is 9.14. The van der Waals surface area contributed by atoms with Gasteiger partial charge in [0, 0.05) is 5.41 Å². The summed E-state index contributed by atoms with van der Waals surface area (Å²) in [6.07, 6.45) is -0.919. The Labute approximate surface area is 142 Å². The minimum atomic E-state index is -3.73. The minimum absolute atomic E-state index is 0.112. The van der Waals surface area contributed by atoms with Crippen LogP contribution in [-0.2, 0) is 30.4 Å². The highest BCUT2D eigenvalue weighted by atomic mass is 32.2. The van der Waals surface area contributed by atoms with E-state index in [1.54, 1.807) is 13.8 Å². The second-order valence-electron chi connectivity index (χ2n) is 6.17. The van der Waals surface area contributed by atoms with Gasteiger partial charge in [-0.1, -0.05) is 44.2 Å². The van der Waals surface area contributed by atoms with Gasteiger partial charge in [0.1, 0.15) is 0 Å². The predicted octanol–water partition coefficient (Wildman–Crippen LogP) is 1.38. The molecule has 0 amide bonds. The summed E-state index contributed by atoms with van der Waals surface area (Å²) in [5.74, 6) is -1.36. The van der Waals surface area contributed by atoms with Gasteiger partial charge in [-0.3, -0.25) is 4.18 Å². The van der Waals surface area contributed by atoms with Crippen molar-refractivity contribution in [2.75, 3.05) is 18.9 Å². The van der Waals surface area contributed by atoms with Gasteiger partial charge in [0.15, 0.2) is 6.10 Å². The fourth-order valence-corrected chi connectivity index (χ4v) is 3.14. The number of carboxylic acids is 1. The number of carbonyl (C=O) groups is 1. The maximum absolute atomic E-state index is 11.7. The Bertz CT molecular complexity index is 615. The van der Waals surface area contributed by atoms with Crippen molar-refractivity contribution < 1.29 is 27.2 Å². The maximum Gasteiger partial charge on any atom is 0.333 e. The quantitative estimate of drug-likeness (QED) is 0.573. The first-order valence-electron chi connectivity index (χ1n) is 7.63. The van der Waals surface area contributed by atoms with Crippen LogP contribution in [0.2, 0.25) is 0 Å². The number of hydrogen-bond donors (Lipinski definition) is 2. The highest BCUT2D eigenvalue weighted by molar-refractivity contribution is 7.86. The van der Waals surface area contributed by atoms with E-state index >= 15 is 0 Å². The van der Waals surface area contributed by atoms with E-state index in [1.165, 1.54) is 0 Å². The lowest BCUT2D eigenvalue weighted by Crippen LogP contribution is -2.42. The maximum atomic E-state index is 11.7. The molecule has 24 heavy (non-hydrogen) atoms. The summed E-state index contributed by atoms with van der Waals surface area (Å²) >= 11 is 0. The summed E-state index contributed by atoms with van der Waals surface area (Å²) in [4.78, 5) is 11.5. The van der Waals surface area contributed by atoms with Crippen LogP contribution in [0.4, 0.5) is 0 Å². The number of nitrogens with two attached hydrogens (primary N) is 1. The van der Waals surface area contributed by atoms with Gasteiger partial charge in [0.05, 0.1) is 19.0 Å². The number of ether oxygens (including phenoxy) is 1. The van der Waals surface area contributed by atoms with Gasteiger partial charge < -0.3 is 15.6 Å². The van der Waals surface area contributed by atoms with Crippen LogP contribution in [0.15, 0.2) is 30.3 Å². The van der Waals surface area contributed by atoms with Crippen LogP contribution >= 0.6 is 0 Å². The molecule has 1 aromatic rings. The van der Waals surface area contributed by atoms with Crippen LogP contribution in [0.25, 0.3) is 0 Å². The van der Waals surface area contributed by atoms with E-state index in [4.69, 9.17) is 14.7 Å². The second kappa shape index (κ2) is 9.12. The third kappa shape index (κ3) is 6.96. The molecule has 0 spiro atoms. The van der Waals surface area contributed by atoms with Crippen molar-refractivity contribution in [2.24, 2.45) is 11.1 Å². The standard InChI is InChI=1S/C16H25NO6S/c1-16(2,12-23-24(20,21)10-6-9-17)14(15(18)19)22-11-13-7-4-3-5-8-13/h3-5,7-8,14H,6,9-12,17H2,1-2H3,(H,18,19)/t14-/m0/s1. The molecule has 0 aliphatic rings. The predicted molar refractivity (Wildman–Crippen MR) is 89.8 cm³/mol. The number of benzene rings is 1. The third-order valence-electron chi connectivity index (χ3n) is 3.40. The molecular formula is C16H25NO6S. The number of hydrogen-bond acceptors (Lipinski definition) is 6. The molecule has 0 fully saturated rings. The molecule has 0 saturated carbocycles. The van der Waals surface area contributed by atoms with Gasteiger partial charge in [0.25, 0.3) is 10.1 Å². The van der Waals surface area contributed by atoms with E-state index in [1.807, 2.05) is 30.3 Å². The topological polar surface area (TPSA) is 116 Å². The van der Waals surface area contributed by atoms with Crippen molar-refractivity contribution in [1.29, 1.82) is 0 Å². The van der Waals surface area contributed by atoms with E-state index in [2.05, 4.69) is 0 Å². The van der Waals surface area contributed by atoms with Crippen molar-refractivity contribution in [3.8, 4) is 0 Å². The Kier molecular flexibility index (Phi) is 7.82. The zero-order chi connectivity index (χ0) is 18.2. The SMILES string of the molecule is CC(C)(COS(=O)(=O)CCCN)[C@@H](OCc1ccccc1)C(=O)O. The summed E-state index contributed by atoms with van der Waals surface area (Å²) in [5.41, 5.74) is 5.08. The lowest BCUT2D eigenvalue weighted by atomic mass is 9.87. The molecule has 0 heterocycles. The van der Waals surface area contributed by atoms with Crippen molar-refractivity contribution in [3.05, 3.63) is 35.9 Å². The second-order valence-corrected chi connectivity index (χ2v) is 7.93. The lowest BCUT2D eigenvalue weighted by Gasteiger charge is -2.30. The fourth-order valence-electron chi connectivity index (χ4n) is 2.02. The fraction of sp³-hybridized carbons (Fsp3) is 0.562. The average molecular weight is 359 g/mol. The molecule has 0 saturated heterocycles. The first kappa shape index (κ1) is 20.6. The molecule has 0 bridgehead atoms. The Morgan fingerprint density at radius 2 is 1.92 bits per heavy atom. The zero-order valence-corrected chi connectivity index (χ0v) is 14.8. The first-order chi connectivity index (χ1) is 11.2. The molecule has 1 rings (SSSR count). The summed E-state index contributed by atoms with van der Waals surface area (Å²) in [6.45, 7) is 3.25. The number of aliphatic carboxylic acids is 1. The van der Waals surface area contributed by atoms with Crippen molar-refractivity contribution >= 4 is 16.1 Å². The largest absolute Gasteiger partial charge is 0.479 e. The monoisotopic (exact) mass is 359 g/mol. The minimum Gasteiger partial charge on any atom is -0.479 e. The van der Waals surface area contributed by atoms with E-state index in [9.17, 15) is 18.3 Å². The Hall–Kier alpha value is -1.48. The van der Waals surface area contributed by atoms with Crippen LogP contribution in [0, 0.1) is 5.41 Å². The lowest BCUT2D eigenvalue weighted by molar-refractivity contribution is -0.162. The Morgan fingerprint density at radius 3 is 2.46 bits per heavy atom. The van der Waals surface area contributed by atoms with Gasteiger partial charge in [-0.25, -0.2) is 4.79 Å².